The van der Waals surface area contributed by atoms with Gasteiger partial charge in [-0.3, -0.25) is 10.1 Å². The summed E-state index contributed by atoms with van der Waals surface area (Å²) in [6, 6.07) is 4.73. The number of alkyl halides is 1. The van der Waals surface area contributed by atoms with Crippen molar-refractivity contribution in [2.45, 2.75) is 12.3 Å². The predicted octanol–water partition coefficient (Wildman–Crippen LogP) is 2.59. The number of aryl methyl sites for hydroxylation is 1. The second kappa shape index (κ2) is 4.85. The van der Waals surface area contributed by atoms with Crippen LogP contribution in [0.1, 0.15) is 11.4 Å². The summed E-state index contributed by atoms with van der Waals surface area (Å²) in [5, 5.41) is 19.5. The van der Waals surface area contributed by atoms with E-state index in [9.17, 15) is 10.1 Å². The summed E-state index contributed by atoms with van der Waals surface area (Å²) in [5.74, 6) is 1.40. The van der Waals surface area contributed by atoms with Crippen LogP contribution in [0.25, 0.3) is 11.4 Å². The minimum atomic E-state index is -0.412. The van der Waals surface area contributed by atoms with E-state index >= 15 is 0 Å². The Kier molecular flexibility index (Phi) is 3.42. The molecule has 1 heterocycles. The summed E-state index contributed by atoms with van der Waals surface area (Å²) in [6.45, 7) is 1.89. The van der Waals surface area contributed by atoms with Crippen molar-refractivity contribution in [3.63, 3.8) is 0 Å². The average molecular weight is 311 g/mol. The zero-order valence-electron chi connectivity index (χ0n) is 9.92. The molecule has 0 unspecified atom stereocenters. The molecule has 2 rings (SSSR count). The molecule has 0 aliphatic carbocycles. The first-order valence-corrected chi connectivity index (χ1v) is 6.36. The van der Waals surface area contributed by atoms with Gasteiger partial charge < -0.3 is 4.57 Å². The number of nitrogens with zero attached hydrogens (tertiary/aromatic N) is 4. The van der Waals surface area contributed by atoms with Crippen LogP contribution >= 0.6 is 15.9 Å². The van der Waals surface area contributed by atoms with Crippen molar-refractivity contribution in [1.29, 1.82) is 0 Å². The van der Waals surface area contributed by atoms with Gasteiger partial charge in [0.15, 0.2) is 5.82 Å². The molecular weight excluding hydrogens is 300 g/mol. The van der Waals surface area contributed by atoms with Crippen LogP contribution in [-0.2, 0) is 12.4 Å². The monoisotopic (exact) mass is 310 g/mol. The van der Waals surface area contributed by atoms with Crippen LogP contribution in [0, 0.1) is 17.0 Å². The molecule has 18 heavy (non-hydrogen) atoms. The van der Waals surface area contributed by atoms with Crippen molar-refractivity contribution in [2.24, 2.45) is 7.05 Å². The van der Waals surface area contributed by atoms with Gasteiger partial charge in [-0.1, -0.05) is 22.0 Å². The maximum Gasteiger partial charge on any atom is 0.270 e. The van der Waals surface area contributed by atoms with Gasteiger partial charge >= 0.3 is 0 Å². The maximum atomic E-state index is 10.8. The molecule has 1 aromatic heterocycles. The molecule has 0 bridgehead atoms. The van der Waals surface area contributed by atoms with Gasteiger partial charge in [-0.25, -0.2) is 0 Å². The second-order valence-corrected chi connectivity index (χ2v) is 4.45. The van der Waals surface area contributed by atoms with Crippen molar-refractivity contribution < 1.29 is 4.92 Å². The lowest BCUT2D eigenvalue weighted by atomic mass is 10.1. The quantitative estimate of drug-likeness (QED) is 0.496. The fourth-order valence-corrected chi connectivity index (χ4v) is 2.17. The Morgan fingerprint density at radius 3 is 2.72 bits per heavy atom. The van der Waals surface area contributed by atoms with E-state index in [0.717, 1.165) is 17.0 Å². The third kappa shape index (κ3) is 2.13. The number of aromatic nitrogens is 3. The van der Waals surface area contributed by atoms with Crippen molar-refractivity contribution in [3.8, 4) is 11.4 Å². The molecule has 0 amide bonds. The fourth-order valence-electron chi connectivity index (χ4n) is 1.68. The Morgan fingerprint density at radius 1 is 1.44 bits per heavy atom. The molecule has 0 aliphatic rings. The smallest absolute Gasteiger partial charge is 0.270 e. The van der Waals surface area contributed by atoms with Gasteiger partial charge in [-0.05, 0) is 12.5 Å². The molecule has 0 spiro atoms. The minimum absolute atomic E-state index is 0.0546. The zero-order chi connectivity index (χ0) is 13.3. The molecule has 94 valence electrons. The van der Waals surface area contributed by atoms with Crippen LogP contribution in [0.15, 0.2) is 18.2 Å². The Balaban J connectivity index is 2.59. The van der Waals surface area contributed by atoms with Crippen molar-refractivity contribution in [2.75, 3.05) is 0 Å². The van der Waals surface area contributed by atoms with Gasteiger partial charge in [0.05, 0.1) is 10.3 Å². The average Bonchev–Trinajstić information content (AvgIpc) is 2.70. The van der Waals surface area contributed by atoms with Crippen LogP contribution in [0.5, 0.6) is 0 Å². The second-order valence-electron chi connectivity index (χ2n) is 3.89. The molecule has 2 aromatic rings. The van der Waals surface area contributed by atoms with Gasteiger partial charge in [-0.15, -0.1) is 10.2 Å². The molecule has 0 N–H and O–H groups in total. The summed E-state index contributed by atoms with van der Waals surface area (Å²) >= 11 is 3.32. The standard InChI is InChI=1S/C11H11BrN4O2/c1-7-3-4-8(16(17)18)5-9(7)11-14-13-10(6-12)15(11)2/h3-5H,6H2,1-2H3. The number of benzene rings is 1. The molecule has 0 atom stereocenters. The highest BCUT2D eigenvalue weighted by Crippen LogP contribution is 2.26. The third-order valence-corrected chi connectivity index (χ3v) is 3.26. The summed E-state index contributed by atoms with van der Waals surface area (Å²) in [6.07, 6.45) is 0. The highest BCUT2D eigenvalue weighted by atomic mass is 79.9. The Bertz CT molecular complexity index is 609. The number of nitro groups is 1. The lowest BCUT2D eigenvalue weighted by Gasteiger charge is -2.05. The van der Waals surface area contributed by atoms with Crippen LogP contribution < -0.4 is 0 Å². The number of rotatable bonds is 3. The number of non-ortho nitro benzene ring substituents is 1. The zero-order valence-corrected chi connectivity index (χ0v) is 11.5. The fraction of sp³-hybridized carbons (Fsp3) is 0.273. The summed E-state index contributed by atoms with van der Waals surface area (Å²) in [7, 11) is 1.84. The summed E-state index contributed by atoms with van der Waals surface area (Å²) in [4.78, 5) is 10.4. The van der Waals surface area contributed by atoms with E-state index in [0.29, 0.717) is 11.2 Å². The third-order valence-electron chi connectivity index (χ3n) is 2.76. The van der Waals surface area contributed by atoms with Gasteiger partial charge in [0.1, 0.15) is 5.82 Å². The highest BCUT2D eigenvalue weighted by Gasteiger charge is 2.15. The first-order chi connectivity index (χ1) is 8.54. The normalized spacial score (nSPS) is 10.6. The molecule has 0 fully saturated rings. The number of halogens is 1. The van der Waals surface area contributed by atoms with E-state index in [2.05, 4.69) is 26.1 Å². The first-order valence-electron chi connectivity index (χ1n) is 5.24. The summed E-state index contributed by atoms with van der Waals surface area (Å²) in [5.41, 5.74) is 1.71. The molecule has 0 aliphatic heterocycles. The summed E-state index contributed by atoms with van der Waals surface area (Å²) < 4.78 is 1.82. The van der Waals surface area contributed by atoms with Crippen molar-refractivity contribution >= 4 is 21.6 Å². The van der Waals surface area contributed by atoms with Gasteiger partial charge in [0, 0.05) is 24.7 Å². The van der Waals surface area contributed by atoms with Crippen molar-refractivity contribution in [3.05, 3.63) is 39.7 Å². The van der Waals surface area contributed by atoms with Gasteiger partial charge in [0.25, 0.3) is 5.69 Å². The van der Waals surface area contributed by atoms with Gasteiger partial charge in [-0.2, -0.15) is 0 Å². The van der Waals surface area contributed by atoms with Crippen LogP contribution in [0.2, 0.25) is 0 Å². The highest BCUT2D eigenvalue weighted by molar-refractivity contribution is 9.08. The van der Waals surface area contributed by atoms with E-state index in [1.807, 2.05) is 18.5 Å². The van der Waals surface area contributed by atoms with E-state index in [1.54, 1.807) is 6.07 Å². The van der Waals surface area contributed by atoms with Crippen LogP contribution in [0.3, 0.4) is 0 Å². The SMILES string of the molecule is Cc1ccc([N+](=O)[O-])cc1-c1nnc(CBr)n1C. The molecule has 0 saturated heterocycles. The first kappa shape index (κ1) is 12.7. The number of hydrogen-bond acceptors (Lipinski definition) is 4. The number of nitro benzene ring substituents is 1. The Hall–Kier alpha value is -1.76. The van der Waals surface area contributed by atoms with Crippen LogP contribution in [-0.4, -0.2) is 19.7 Å². The van der Waals surface area contributed by atoms with E-state index in [1.165, 1.54) is 12.1 Å². The Labute approximate surface area is 112 Å². The topological polar surface area (TPSA) is 73.8 Å². The molecule has 6 nitrogen and oxygen atoms in total. The lowest BCUT2D eigenvalue weighted by Crippen LogP contribution is -1.99. The van der Waals surface area contributed by atoms with E-state index in [-0.39, 0.29) is 5.69 Å². The maximum absolute atomic E-state index is 10.8. The van der Waals surface area contributed by atoms with E-state index < -0.39 is 4.92 Å². The minimum Gasteiger partial charge on any atom is -0.313 e. The molecular formula is C11H11BrN4O2. The number of hydrogen-bond donors (Lipinski definition) is 0. The van der Waals surface area contributed by atoms with Crippen molar-refractivity contribution in [1.82, 2.24) is 14.8 Å². The molecule has 1 aromatic carbocycles. The van der Waals surface area contributed by atoms with Crippen LogP contribution in [0.4, 0.5) is 5.69 Å². The lowest BCUT2D eigenvalue weighted by molar-refractivity contribution is -0.384. The Morgan fingerprint density at radius 2 is 2.17 bits per heavy atom. The largest absolute Gasteiger partial charge is 0.313 e. The van der Waals surface area contributed by atoms with Gasteiger partial charge in [0.2, 0.25) is 0 Å². The molecule has 0 radical (unpaired) electrons. The predicted molar refractivity (Wildman–Crippen MR) is 70.5 cm³/mol. The molecule has 7 heteroatoms. The van der Waals surface area contributed by atoms with E-state index in [4.69, 9.17) is 0 Å². The molecule has 0 saturated carbocycles.